The second kappa shape index (κ2) is 8.39. The zero-order valence-electron chi connectivity index (χ0n) is 15.1. The number of ether oxygens (including phenoxy) is 2. The van der Waals surface area contributed by atoms with Gasteiger partial charge in [0.05, 0.1) is 21.2 Å². The number of hydrogen-bond donors (Lipinski definition) is 1. The van der Waals surface area contributed by atoms with Crippen LogP contribution in [0.25, 0.3) is 0 Å². The molecule has 29 heavy (non-hydrogen) atoms. The van der Waals surface area contributed by atoms with E-state index in [2.05, 4.69) is 0 Å². The van der Waals surface area contributed by atoms with Crippen molar-refractivity contribution < 1.29 is 32.5 Å². The van der Waals surface area contributed by atoms with Crippen LogP contribution >= 0.6 is 23.2 Å². The largest absolute Gasteiger partial charge is 0.478 e. The second-order valence-electron chi connectivity index (χ2n) is 6.13. The maximum atomic E-state index is 12.8. The van der Waals surface area contributed by atoms with Crippen molar-refractivity contribution in [2.45, 2.75) is 32.0 Å². The average Bonchev–Trinajstić information content (AvgIpc) is 2.63. The first-order valence-electron chi connectivity index (χ1n) is 8.12. The van der Waals surface area contributed by atoms with Gasteiger partial charge < -0.3 is 14.6 Å². The maximum absolute atomic E-state index is 12.8. The Kier molecular flexibility index (Phi) is 6.56. The lowest BCUT2D eigenvalue weighted by molar-refractivity contribution is -0.154. The van der Waals surface area contributed by atoms with Crippen LogP contribution in [0.1, 0.15) is 31.4 Å². The van der Waals surface area contributed by atoms with Crippen LogP contribution in [0.2, 0.25) is 10.0 Å². The van der Waals surface area contributed by atoms with Crippen molar-refractivity contribution in [1.29, 1.82) is 5.26 Å². The summed E-state index contributed by atoms with van der Waals surface area (Å²) in [7, 11) is 0. The van der Waals surface area contributed by atoms with E-state index in [0.29, 0.717) is 12.1 Å². The third-order valence-corrected chi connectivity index (χ3v) is 4.64. The fourth-order valence-corrected chi connectivity index (χ4v) is 2.76. The summed E-state index contributed by atoms with van der Waals surface area (Å²) < 4.78 is 49.5. The number of nitrogens with zero attached hydrogens (tertiary/aromatic N) is 1. The number of carbonyl (C=O) groups is 1. The normalized spacial score (nSPS) is 13.3. The summed E-state index contributed by atoms with van der Waals surface area (Å²) in [5.74, 6) is -1.50. The van der Waals surface area contributed by atoms with E-state index in [-0.39, 0.29) is 39.3 Å². The molecule has 10 heteroatoms. The van der Waals surface area contributed by atoms with Gasteiger partial charge in [0.2, 0.25) is 5.60 Å². The quantitative estimate of drug-likeness (QED) is 0.561. The highest BCUT2D eigenvalue weighted by atomic mass is 35.5. The van der Waals surface area contributed by atoms with Crippen LogP contribution < -0.4 is 9.47 Å². The van der Waals surface area contributed by atoms with Crippen LogP contribution in [0.4, 0.5) is 13.2 Å². The standard InChI is InChI=1S/C19H14Cl2F3NO4/c1-3-18(2,17(26)27)29-15-8-12(5-4-10(15)9-25)28-16-13(20)6-11(7-14(16)21)19(22,23)24/h4-8H,3H2,1-2H3,(H,26,27). The molecule has 5 nitrogen and oxygen atoms in total. The van der Waals surface area contributed by atoms with Gasteiger partial charge in [-0.1, -0.05) is 30.1 Å². The third kappa shape index (κ3) is 5.05. The summed E-state index contributed by atoms with van der Waals surface area (Å²) in [6.45, 7) is 2.94. The first-order valence-corrected chi connectivity index (χ1v) is 8.87. The summed E-state index contributed by atoms with van der Waals surface area (Å²) in [4.78, 5) is 11.5. The van der Waals surface area contributed by atoms with Crippen molar-refractivity contribution in [3.8, 4) is 23.3 Å². The lowest BCUT2D eigenvalue weighted by Crippen LogP contribution is -2.40. The monoisotopic (exact) mass is 447 g/mol. The molecule has 2 aromatic carbocycles. The topological polar surface area (TPSA) is 79.5 Å². The van der Waals surface area contributed by atoms with E-state index in [1.54, 1.807) is 6.92 Å². The molecule has 0 radical (unpaired) electrons. The zero-order chi connectivity index (χ0) is 22.0. The summed E-state index contributed by atoms with van der Waals surface area (Å²) >= 11 is 11.8. The van der Waals surface area contributed by atoms with Gasteiger partial charge in [-0.3, -0.25) is 0 Å². The van der Waals surface area contributed by atoms with E-state index in [1.165, 1.54) is 25.1 Å². The van der Waals surface area contributed by atoms with Gasteiger partial charge in [-0.05, 0) is 37.6 Å². The number of nitriles is 1. The molecule has 0 aliphatic heterocycles. The van der Waals surface area contributed by atoms with Crippen LogP contribution in [0.3, 0.4) is 0 Å². The van der Waals surface area contributed by atoms with Crippen molar-refractivity contribution >= 4 is 29.2 Å². The Bertz CT molecular complexity index is 965. The molecule has 2 rings (SSSR count). The Morgan fingerprint density at radius 2 is 1.79 bits per heavy atom. The Labute approximate surface area is 174 Å². The van der Waals surface area contributed by atoms with Crippen molar-refractivity contribution in [3.63, 3.8) is 0 Å². The molecule has 0 bridgehead atoms. The fourth-order valence-electron chi connectivity index (χ4n) is 2.19. The first-order chi connectivity index (χ1) is 13.4. The lowest BCUT2D eigenvalue weighted by Gasteiger charge is -2.25. The average molecular weight is 448 g/mol. The minimum absolute atomic E-state index is 0.0337. The number of hydrogen-bond acceptors (Lipinski definition) is 4. The molecule has 0 spiro atoms. The van der Waals surface area contributed by atoms with Crippen molar-refractivity contribution in [1.82, 2.24) is 0 Å². The summed E-state index contributed by atoms with van der Waals surface area (Å²) in [6, 6.07) is 7.10. The van der Waals surface area contributed by atoms with Crippen molar-refractivity contribution in [2.75, 3.05) is 0 Å². The third-order valence-electron chi connectivity index (χ3n) is 4.08. The predicted molar refractivity (Wildman–Crippen MR) is 99.7 cm³/mol. The second-order valence-corrected chi connectivity index (χ2v) is 6.94. The van der Waals surface area contributed by atoms with E-state index in [1.807, 2.05) is 6.07 Å². The molecule has 0 saturated carbocycles. The molecule has 0 aromatic heterocycles. The van der Waals surface area contributed by atoms with Crippen LogP contribution in [0, 0.1) is 11.3 Å². The van der Waals surface area contributed by atoms with Crippen LogP contribution in [0.5, 0.6) is 17.2 Å². The minimum Gasteiger partial charge on any atom is -0.478 e. The SMILES string of the molecule is CCC(C)(Oc1cc(Oc2c(Cl)cc(C(F)(F)F)cc2Cl)ccc1C#N)C(=O)O. The highest BCUT2D eigenvalue weighted by Crippen LogP contribution is 2.42. The summed E-state index contributed by atoms with van der Waals surface area (Å²) in [5.41, 5.74) is -2.60. The highest BCUT2D eigenvalue weighted by Gasteiger charge is 2.35. The molecule has 0 fully saturated rings. The van der Waals surface area contributed by atoms with Gasteiger partial charge in [0, 0.05) is 6.07 Å². The van der Waals surface area contributed by atoms with E-state index in [0.717, 1.165) is 0 Å². The molecule has 0 saturated heterocycles. The molecule has 1 unspecified atom stereocenters. The van der Waals surface area contributed by atoms with E-state index < -0.39 is 23.3 Å². The summed E-state index contributed by atoms with van der Waals surface area (Å²) in [5, 5.41) is 17.8. The van der Waals surface area contributed by atoms with Crippen LogP contribution in [0.15, 0.2) is 30.3 Å². The maximum Gasteiger partial charge on any atom is 0.416 e. The number of aliphatic carboxylic acids is 1. The number of benzene rings is 2. The number of halogens is 5. The zero-order valence-corrected chi connectivity index (χ0v) is 16.6. The Morgan fingerprint density at radius 3 is 2.24 bits per heavy atom. The molecule has 1 atom stereocenters. The Morgan fingerprint density at radius 1 is 1.21 bits per heavy atom. The number of rotatable bonds is 6. The van der Waals surface area contributed by atoms with Gasteiger partial charge in [0.1, 0.15) is 17.6 Å². The number of carboxylic acid groups (broad SMARTS) is 1. The van der Waals surface area contributed by atoms with E-state index in [9.17, 15) is 28.3 Å². The number of carboxylic acids is 1. The first kappa shape index (κ1) is 22.7. The molecule has 0 aliphatic rings. The molecule has 0 amide bonds. The van der Waals surface area contributed by atoms with Crippen LogP contribution in [-0.4, -0.2) is 16.7 Å². The van der Waals surface area contributed by atoms with Gasteiger partial charge in [-0.2, -0.15) is 18.4 Å². The van der Waals surface area contributed by atoms with E-state index >= 15 is 0 Å². The lowest BCUT2D eigenvalue weighted by atomic mass is 10.0. The molecular weight excluding hydrogens is 434 g/mol. The van der Waals surface area contributed by atoms with Crippen molar-refractivity contribution in [3.05, 3.63) is 51.5 Å². The summed E-state index contributed by atoms with van der Waals surface area (Å²) in [6.07, 6.45) is -4.53. The predicted octanol–water partition coefficient (Wildman–Crippen LogP) is 6.31. The van der Waals surface area contributed by atoms with Gasteiger partial charge in [0.25, 0.3) is 0 Å². The highest BCUT2D eigenvalue weighted by molar-refractivity contribution is 6.37. The molecule has 2 aromatic rings. The molecular formula is C19H14Cl2F3NO4. The smallest absolute Gasteiger partial charge is 0.416 e. The fraction of sp³-hybridized carbons (Fsp3) is 0.263. The van der Waals surface area contributed by atoms with Gasteiger partial charge in [-0.25, -0.2) is 4.79 Å². The number of alkyl halides is 3. The van der Waals surface area contributed by atoms with Gasteiger partial charge in [-0.15, -0.1) is 0 Å². The van der Waals surface area contributed by atoms with E-state index in [4.69, 9.17) is 32.7 Å². The van der Waals surface area contributed by atoms with Gasteiger partial charge >= 0.3 is 12.1 Å². The molecule has 1 N–H and O–H groups in total. The van der Waals surface area contributed by atoms with Crippen LogP contribution in [-0.2, 0) is 11.0 Å². The Balaban J connectivity index is 2.43. The molecule has 0 aliphatic carbocycles. The van der Waals surface area contributed by atoms with Gasteiger partial charge in [0.15, 0.2) is 5.75 Å². The molecule has 0 heterocycles. The minimum atomic E-state index is -4.64. The molecule has 154 valence electrons. The van der Waals surface area contributed by atoms with Crippen molar-refractivity contribution in [2.24, 2.45) is 0 Å². The Hall–Kier alpha value is -2.63.